The maximum absolute atomic E-state index is 10.6. The second-order valence-corrected chi connectivity index (χ2v) is 6.18. The molecule has 1 aromatic carbocycles. The molecule has 4 heteroatoms. The molecule has 0 bridgehead atoms. The minimum Gasteiger partial charge on any atom is -0.481 e. The lowest BCUT2D eigenvalue weighted by Crippen LogP contribution is -2.37. The third-order valence-corrected chi connectivity index (χ3v) is 4.56. The first kappa shape index (κ1) is 14.4. The SMILES string of the molecule is Cc1ccc(C2CSCCN2CCCC(=O)O)cc1. The minimum atomic E-state index is -0.696. The Morgan fingerprint density at radius 3 is 2.84 bits per heavy atom. The number of carboxylic acids is 1. The Morgan fingerprint density at radius 2 is 2.16 bits per heavy atom. The zero-order valence-corrected chi connectivity index (χ0v) is 12.2. The highest BCUT2D eigenvalue weighted by Crippen LogP contribution is 2.29. The van der Waals surface area contributed by atoms with Crippen LogP contribution in [0.3, 0.4) is 0 Å². The summed E-state index contributed by atoms with van der Waals surface area (Å²) in [5.41, 5.74) is 2.64. The number of carbonyl (C=O) groups is 1. The Hall–Kier alpha value is -1.00. The van der Waals surface area contributed by atoms with Gasteiger partial charge in [-0.1, -0.05) is 29.8 Å². The highest BCUT2D eigenvalue weighted by Gasteiger charge is 2.23. The van der Waals surface area contributed by atoms with Gasteiger partial charge in [0.25, 0.3) is 0 Å². The lowest BCUT2D eigenvalue weighted by atomic mass is 10.0. The summed E-state index contributed by atoms with van der Waals surface area (Å²) in [5.74, 6) is 1.56. The molecule has 1 unspecified atom stereocenters. The lowest BCUT2D eigenvalue weighted by Gasteiger charge is -2.35. The third kappa shape index (κ3) is 4.25. The number of nitrogens with zero attached hydrogens (tertiary/aromatic N) is 1. The molecule has 1 heterocycles. The minimum absolute atomic E-state index is 0.268. The first-order valence-corrected chi connectivity index (χ1v) is 7.92. The zero-order valence-electron chi connectivity index (χ0n) is 11.3. The quantitative estimate of drug-likeness (QED) is 0.899. The normalized spacial score (nSPS) is 20.4. The highest BCUT2D eigenvalue weighted by atomic mass is 32.2. The molecule has 2 rings (SSSR count). The van der Waals surface area contributed by atoms with Gasteiger partial charge in [-0.15, -0.1) is 0 Å². The summed E-state index contributed by atoms with van der Waals surface area (Å²) in [4.78, 5) is 13.0. The standard InChI is InChI=1S/C15H21NO2S/c1-12-4-6-13(7-5-12)14-11-19-10-9-16(14)8-2-3-15(17)18/h4-7,14H,2-3,8-11H2,1H3,(H,17,18). The average Bonchev–Trinajstić information content (AvgIpc) is 2.40. The highest BCUT2D eigenvalue weighted by molar-refractivity contribution is 7.99. The molecule has 1 N–H and O–H groups in total. The van der Waals surface area contributed by atoms with Gasteiger partial charge < -0.3 is 5.11 Å². The smallest absolute Gasteiger partial charge is 0.303 e. The first-order chi connectivity index (χ1) is 9.16. The van der Waals surface area contributed by atoms with Crippen LogP contribution in [0, 0.1) is 6.92 Å². The van der Waals surface area contributed by atoms with Crippen LogP contribution in [-0.4, -0.2) is 40.6 Å². The number of benzene rings is 1. The fourth-order valence-corrected chi connectivity index (χ4v) is 3.59. The van der Waals surface area contributed by atoms with E-state index in [9.17, 15) is 4.79 Å². The summed E-state index contributed by atoms with van der Waals surface area (Å²) < 4.78 is 0. The van der Waals surface area contributed by atoms with E-state index in [1.807, 2.05) is 11.8 Å². The Balaban J connectivity index is 1.99. The predicted octanol–water partition coefficient (Wildman–Crippen LogP) is 2.95. The molecule has 1 aliphatic rings. The van der Waals surface area contributed by atoms with E-state index in [-0.39, 0.29) is 6.42 Å². The van der Waals surface area contributed by atoms with Crippen molar-refractivity contribution >= 4 is 17.7 Å². The monoisotopic (exact) mass is 279 g/mol. The number of hydrogen-bond acceptors (Lipinski definition) is 3. The second kappa shape index (κ2) is 6.96. The molecule has 19 heavy (non-hydrogen) atoms. The molecule has 1 saturated heterocycles. The molecule has 0 radical (unpaired) electrons. The van der Waals surface area contributed by atoms with Gasteiger partial charge in [0.05, 0.1) is 0 Å². The van der Waals surface area contributed by atoms with Crippen LogP contribution in [0.4, 0.5) is 0 Å². The van der Waals surface area contributed by atoms with Crippen LogP contribution in [0.1, 0.15) is 30.0 Å². The van der Waals surface area contributed by atoms with E-state index in [0.717, 1.165) is 31.0 Å². The molecule has 104 valence electrons. The van der Waals surface area contributed by atoms with Crippen molar-refractivity contribution in [2.45, 2.75) is 25.8 Å². The summed E-state index contributed by atoms with van der Waals surface area (Å²) in [6.45, 7) is 4.04. The van der Waals surface area contributed by atoms with Crippen LogP contribution in [-0.2, 0) is 4.79 Å². The maximum Gasteiger partial charge on any atom is 0.303 e. The van der Waals surface area contributed by atoms with E-state index in [0.29, 0.717) is 6.04 Å². The molecule has 3 nitrogen and oxygen atoms in total. The summed E-state index contributed by atoms with van der Waals surface area (Å²) in [5, 5.41) is 8.73. The van der Waals surface area contributed by atoms with Crippen molar-refractivity contribution in [3.63, 3.8) is 0 Å². The summed E-state index contributed by atoms with van der Waals surface area (Å²) >= 11 is 1.99. The van der Waals surface area contributed by atoms with Gasteiger partial charge in [-0.25, -0.2) is 0 Å². The van der Waals surface area contributed by atoms with E-state index < -0.39 is 5.97 Å². The molecule has 0 saturated carbocycles. The zero-order chi connectivity index (χ0) is 13.7. The fourth-order valence-electron chi connectivity index (χ4n) is 2.43. The number of hydrogen-bond donors (Lipinski definition) is 1. The van der Waals surface area contributed by atoms with E-state index in [4.69, 9.17) is 5.11 Å². The Bertz CT molecular complexity index is 419. The fraction of sp³-hybridized carbons (Fsp3) is 0.533. The van der Waals surface area contributed by atoms with E-state index in [2.05, 4.69) is 36.1 Å². The van der Waals surface area contributed by atoms with Gasteiger partial charge in [-0.05, 0) is 25.5 Å². The van der Waals surface area contributed by atoms with Crippen LogP contribution < -0.4 is 0 Å². The topological polar surface area (TPSA) is 40.5 Å². The van der Waals surface area contributed by atoms with Gasteiger partial charge in [0.15, 0.2) is 0 Å². The van der Waals surface area contributed by atoms with Crippen molar-refractivity contribution in [1.82, 2.24) is 4.90 Å². The van der Waals surface area contributed by atoms with Crippen molar-refractivity contribution in [2.24, 2.45) is 0 Å². The molecular weight excluding hydrogens is 258 g/mol. The largest absolute Gasteiger partial charge is 0.481 e. The van der Waals surface area contributed by atoms with Crippen LogP contribution >= 0.6 is 11.8 Å². The number of aliphatic carboxylic acids is 1. The van der Waals surface area contributed by atoms with Crippen molar-refractivity contribution in [2.75, 3.05) is 24.6 Å². The molecule has 0 spiro atoms. The van der Waals surface area contributed by atoms with Crippen molar-refractivity contribution in [3.05, 3.63) is 35.4 Å². The van der Waals surface area contributed by atoms with Crippen molar-refractivity contribution < 1.29 is 9.90 Å². The average molecular weight is 279 g/mol. The van der Waals surface area contributed by atoms with E-state index >= 15 is 0 Å². The number of rotatable bonds is 5. The molecule has 0 aromatic heterocycles. The van der Waals surface area contributed by atoms with Gasteiger partial charge in [-0.2, -0.15) is 11.8 Å². The Kier molecular flexibility index (Phi) is 5.28. The van der Waals surface area contributed by atoms with Gasteiger partial charge in [-0.3, -0.25) is 9.69 Å². The maximum atomic E-state index is 10.6. The summed E-state index contributed by atoms with van der Waals surface area (Å²) in [6, 6.07) is 9.16. The molecule has 1 fully saturated rings. The molecule has 1 aliphatic heterocycles. The Labute approximate surface area is 119 Å². The molecule has 1 atom stereocenters. The molecule has 1 aromatic rings. The van der Waals surface area contributed by atoms with Crippen LogP contribution in [0.5, 0.6) is 0 Å². The van der Waals surface area contributed by atoms with Crippen molar-refractivity contribution in [3.8, 4) is 0 Å². The number of thioether (sulfide) groups is 1. The third-order valence-electron chi connectivity index (χ3n) is 3.54. The predicted molar refractivity (Wildman–Crippen MR) is 79.7 cm³/mol. The summed E-state index contributed by atoms with van der Waals surface area (Å²) in [7, 11) is 0. The number of aryl methyl sites for hydroxylation is 1. The van der Waals surface area contributed by atoms with Crippen molar-refractivity contribution in [1.29, 1.82) is 0 Å². The van der Waals surface area contributed by atoms with E-state index in [1.165, 1.54) is 11.1 Å². The van der Waals surface area contributed by atoms with E-state index in [1.54, 1.807) is 0 Å². The van der Waals surface area contributed by atoms with Crippen LogP contribution in [0.15, 0.2) is 24.3 Å². The van der Waals surface area contributed by atoms with Crippen LogP contribution in [0.25, 0.3) is 0 Å². The summed E-state index contributed by atoms with van der Waals surface area (Å²) in [6.07, 6.45) is 1.01. The molecular formula is C15H21NO2S. The van der Waals surface area contributed by atoms with Gasteiger partial charge in [0, 0.05) is 30.5 Å². The number of carboxylic acid groups (broad SMARTS) is 1. The molecule has 0 amide bonds. The first-order valence-electron chi connectivity index (χ1n) is 6.77. The van der Waals surface area contributed by atoms with Crippen LogP contribution in [0.2, 0.25) is 0 Å². The molecule has 0 aliphatic carbocycles. The van der Waals surface area contributed by atoms with Gasteiger partial charge in [0.2, 0.25) is 0 Å². The lowest BCUT2D eigenvalue weighted by molar-refractivity contribution is -0.137. The Morgan fingerprint density at radius 1 is 1.42 bits per heavy atom. The van der Waals surface area contributed by atoms with Gasteiger partial charge in [0.1, 0.15) is 0 Å². The van der Waals surface area contributed by atoms with Gasteiger partial charge >= 0.3 is 5.97 Å². The second-order valence-electron chi connectivity index (χ2n) is 5.03.